The highest BCUT2D eigenvalue weighted by Crippen LogP contribution is 2.24. The van der Waals surface area contributed by atoms with E-state index in [1.165, 1.54) is 0 Å². The number of nitrogens with zero attached hydrogens (tertiary/aromatic N) is 2. The third-order valence-electron chi connectivity index (χ3n) is 4.14. The molecule has 0 aromatic heterocycles. The van der Waals surface area contributed by atoms with Crippen LogP contribution in [0.4, 0.5) is 5.69 Å². The highest BCUT2D eigenvalue weighted by atomic mass is 35.5. The molecule has 0 bridgehead atoms. The van der Waals surface area contributed by atoms with Gasteiger partial charge in [0.1, 0.15) is 5.75 Å². The molecule has 0 fully saturated rings. The quantitative estimate of drug-likeness (QED) is 0.748. The minimum atomic E-state index is 0.0553. The van der Waals surface area contributed by atoms with Gasteiger partial charge in [0.15, 0.2) is 0 Å². The minimum absolute atomic E-state index is 0.0553. The van der Waals surface area contributed by atoms with E-state index in [0.29, 0.717) is 23.9 Å². The normalized spacial score (nSPS) is 10.4. The van der Waals surface area contributed by atoms with Gasteiger partial charge in [0.25, 0.3) is 0 Å². The van der Waals surface area contributed by atoms with Gasteiger partial charge in [0.2, 0.25) is 5.91 Å². The van der Waals surface area contributed by atoms with Crippen molar-refractivity contribution in [3.05, 3.63) is 58.6 Å². The number of likely N-dealkylation sites (N-methyl/N-ethyl adjacent to an activating group) is 1. The van der Waals surface area contributed by atoms with Crippen molar-refractivity contribution in [1.82, 2.24) is 4.90 Å². The van der Waals surface area contributed by atoms with Crippen LogP contribution < -0.4 is 9.64 Å². The molecule has 134 valence electrons. The molecule has 0 N–H and O–H groups in total. The predicted octanol–water partition coefficient (Wildman–Crippen LogP) is 4.01. The summed E-state index contributed by atoms with van der Waals surface area (Å²) in [4.78, 5) is 16.6. The summed E-state index contributed by atoms with van der Waals surface area (Å²) in [6.07, 6.45) is 0.271. The number of hydrogen-bond donors (Lipinski definition) is 0. The van der Waals surface area contributed by atoms with E-state index in [1.54, 1.807) is 25.3 Å². The summed E-state index contributed by atoms with van der Waals surface area (Å²) in [6, 6.07) is 13.6. The summed E-state index contributed by atoms with van der Waals surface area (Å²) in [7, 11) is 5.62. The SMILES string of the molecule is CCN(Cc1ccc(N(C)C)cc1)C(=O)Cc1cc(Cl)ccc1OC. The molecule has 0 aliphatic heterocycles. The summed E-state index contributed by atoms with van der Waals surface area (Å²) in [5, 5.41) is 0.603. The number of methoxy groups -OCH3 is 1. The number of carbonyl (C=O) groups is 1. The maximum absolute atomic E-state index is 12.7. The number of halogens is 1. The Kier molecular flexibility index (Phi) is 6.71. The summed E-state index contributed by atoms with van der Waals surface area (Å²) < 4.78 is 5.33. The molecule has 25 heavy (non-hydrogen) atoms. The van der Waals surface area contributed by atoms with Crippen molar-refractivity contribution < 1.29 is 9.53 Å². The lowest BCUT2D eigenvalue weighted by Gasteiger charge is -2.22. The van der Waals surface area contributed by atoms with Crippen LogP contribution in [0.3, 0.4) is 0 Å². The summed E-state index contributed by atoms with van der Waals surface area (Å²) in [5.41, 5.74) is 3.06. The average Bonchev–Trinajstić information content (AvgIpc) is 2.60. The maximum atomic E-state index is 12.7. The fourth-order valence-electron chi connectivity index (χ4n) is 2.66. The summed E-state index contributed by atoms with van der Waals surface area (Å²) in [6.45, 7) is 3.23. The number of benzene rings is 2. The van der Waals surface area contributed by atoms with Crippen molar-refractivity contribution in [1.29, 1.82) is 0 Å². The van der Waals surface area contributed by atoms with Crippen LogP contribution in [0.5, 0.6) is 5.75 Å². The Bertz CT molecular complexity index is 714. The van der Waals surface area contributed by atoms with Gasteiger partial charge in [0, 0.05) is 43.5 Å². The van der Waals surface area contributed by atoms with Crippen molar-refractivity contribution in [2.24, 2.45) is 0 Å². The van der Waals surface area contributed by atoms with Gasteiger partial charge in [-0.3, -0.25) is 4.79 Å². The number of hydrogen-bond acceptors (Lipinski definition) is 3. The van der Waals surface area contributed by atoms with Crippen LogP contribution in [0.2, 0.25) is 5.02 Å². The van der Waals surface area contributed by atoms with Crippen LogP contribution in [0.15, 0.2) is 42.5 Å². The van der Waals surface area contributed by atoms with E-state index in [0.717, 1.165) is 16.8 Å². The minimum Gasteiger partial charge on any atom is -0.496 e. The zero-order valence-electron chi connectivity index (χ0n) is 15.3. The van der Waals surface area contributed by atoms with Crippen LogP contribution in [-0.4, -0.2) is 38.6 Å². The van der Waals surface area contributed by atoms with Gasteiger partial charge in [-0.2, -0.15) is 0 Å². The van der Waals surface area contributed by atoms with Crippen LogP contribution in [0.25, 0.3) is 0 Å². The third kappa shape index (κ3) is 5.13. The number of carbonyl (C=O) groups excluding carboxylic acids is 1. The standard InChI is InChI=1S/C20H25ClN2O2/c1-5-23(14-15-6-9-18(10-7-15)22(2)3)20(24)13-16-12-17(21)8-11-19(16)25-4/h6-12H,5,13-14H2,1-4H3. The van der Waals surface area contributed by atoms with Crippen LogP contribution in [0, 0.1) is 0 Å². The Hall–Kier alpha value is -2.20. The van der Waals surface area contributed by atoms with E-state index in [-0.39, 0.29) is 12.3 Å². The Labute approximate surface area is 155 Å². The van der Waals surface area contributed by atoms with E-state index in [1.807, 2.05) is 25.9 Å². The van der Waals surface area contributed by atoms with Gasteiger partial charge in [-0.1, -0.05) is 23.7 Å². The van der Waals surface area contributed by atoms with Gasteiger partial charge in [-0.25, -0.2) is 0 Å². The van der Waals surface area contributed by atoms with Crippen LogP contribution in [-0.2, 0) is 17.8 Å². The molecular formula is C20H25ClN2O2. The molecule has 1 amide bonds. The van der Waals surface area contributed by atoms with E-state index >= 15 is 0 Å². The Morgan fingerprint density at radius 1 is 1.12 bits per heavy atom. The zero-order valence-corrected chi connectivity index (χ0v) is 16.0. The molecule has 0 unspecified atom stereocenters. The lowest BCUT2D eigenvalue weighted by molar-refractivity contribution is -0.130. The fraction of sp³-hybridized carbons (Fsp3) is 0.350. The molecular weight excluding hydrogens is 336 g/mol. The molecule has 2 aromatic carbocycles. The van der Waals surface area contributed by atoms with Gasteiger partial charge in [0.05, 0.1) is 13.5 Å². The number of rotatable bonds is 7. The third-order valence-corrected chi connectivity index (χ3v) is 4.38. The first-order chi connectivity index (χ1) is 11.9. The van der Waals surface area contributed by atoms with Crippen LogP contribution >= 0.6 is 11.6 Å². The topological polar surface area (TPSA) is 32.8 Å². The maximum Gasteiger partial charge on any atom is 0.227 e. The number of amides is 1. The van der Waals surface area contributed by atoms with Gasteiger partial charge < -0.3 is 14.5 Å². The molecule has 0 saturated carbocycles. The molecule has 0 radical (unpaired) electrons. The molecule has 5 heteroatoms. The summed E-state index contributed by atoms with van der Waals surface area (Å²) in [5.74, 6) is 0.740. The summed E-state index contributed by atoms with van der Waals surface area (Å²) >= 11 is 6.06. The first-order valence-corrected chi connectivity index (χ1v) is 8.68. The number of ether oxygens (including phenoxy) is 1. The lowest BCUT2D eigenvalue weighted by Crippen LogP contribution is -2.31. The van der Waals surface area contributed by atoms with E-state index < -0.39 is 0 Å². The average molecular weight is 361 g/mol. The molecule has 4 nitrogen and oxygen atoms in total. The molecule has 0 saturated heterocycles. The fourth-order valence-corrected chi connectivity index (χ4v) is 2.85. The number of anilines is 1. The van der Waals surface area contributed by atoms with E-state index in [9.17, 15) is 4.79 Å². The zero-order chi connectivity index (χ0) is 18.4. The Morgan fingerprint density at radius 3 is 2.36 bits per heavy atom. The molecule has 0 spiro atoms. The first kappa shape index (κ1) is 19.1. The Morgan fingerprint density at radius 2 is 1.80 bits per heavy atom. The van der Waals surface area contributed by atoms with Crippen molar-refractivity contribution in [2.45, 2.75) is 19.9 Å². The van der Waals surface area contributed by atoms with Crippen molar-refractivity contribution in [3.63, 3.8) is 0 Å². The van der Waals surface area contributed by atoms with Crippen LogP contribution in [0.1, 0.15) is 18.1 Å². The molecule has 0 heterocycles. The second kappa shape index (κ2) is 8.77. The largest absolute Gasteiger partial charge is 0.496 e. The van der Waals surface area contributed by atoms with Crippen molar-refractivity contribution >= 4 is 23.2 Å². The second-order valence-corrected chi connectivity index (χ2v) is 6.54. The molecule has 2 rings (SSSR count). The monoisotopic (exact) mass is 360 g/mol. The lowest BCUT2D eigenvalue weighted by atomic mass is 10.1. The molecule has 2 aromatic rings. The van der Waals surface area contributed by atoms with Gasteiger partial charge in [-0.15, -0.1) is 0 Å². The molecule has 0 aliphatic rings. The highest BCUT2D eigenvalue weighted by Gasteiger charge is 2.16. The smallest absolute Gasteiger partial charge is 0.227 e. The van der Waals surface area contributed by atoms with E-state index in [2.05, 4.69) is 29.2 Å². The Balaban J connectivity index is 2.09. The second-order valence-electron chi connectivity index (χ2n) is 6.10. The molecule has 0 atom stereocenters. The predicted molar refractivity (Wildman–Crippen MR) is 104 cm³/mol. The van der Waals surface area contributed by atoms with Crippen molar-refractivity contribution in [3.8, 4) is 5.75 Å². The van der Waals surface area contributed by atoms with E-state index in [4.69, 9.17) is 16.3 Å². The highest BCUT2D eigenvalue weighted by molar-refractivity contribution is 6.30. The van der Waals surface area contributed by atoms with Gasteiger partial charge in [-0.05, 0) is 42.8 Å². The molecule has 0 aliphatic carbocycles. The first-order valence-electron chi connectivity index (χ1n) is 8.31. The van der Waals surface area contributed by atoms with Crippen molar-refractivity contribution in [2.75, 3.05) is 32.6 Å². The van der Waals surface area contributed by atoms with Gasteiger partial charge >= 0.3 is 0 Å².